The fourth-order valence-corrected chi connectivity index (χ4v) is 0.651. The van der Waals surface area contributed by atoms with Gasteiger partial charge in [0.2, 0.25) is 0 Å². The van der Waals surface area contributed by atoms with E-state index in [2.05, 4.69) is 0 Å². The quantitative estimate of drug-likeness (QED) is 0.595. The Bertz CT molecular complexity index is 107. The van der Waals surface area contributed by atoms with Crippen molar-refractivity contribution in [3.63, 3.8) is 0 Å². The molecular formula is C8H19NO3. The molecule has 0 amide bonds. The van der Waals surface area contributed by atoms with Crippen LogP contribution < -0.4 is 5.73 Å². The summed E-state index contributed by atoms with van der Waals surface area (Å²) in [5.74, 6) is 0. The van der Waals surface area contributed by atoms with Crippen molar-refractivity contribution in [1.29, 1.82) is 0 Å². The maximum atomic E-state index is 5.70. The van der Waals surface area contributed by atoms with Crippen LogP contribution in [0.3, 0.4) is 0 Å². The van der Waals surface area contributed by atoms with Gasteiger partial charge in [0.1, 0.15) is 0 Å². The van der Waals surface area contributed by atoms with Crippen molar-refractivity contribution in [2.24, 2.45) is 5.73 Å². The highest BCUT2D eigenvalue weighted by Crippen LogP contribution is 1.99. The van der Waals surface area contributed by atoms with Crippen molar-refractivity contribution in [2.45, 2.75) is 25.7 Å². The maximum absolute atomic E-state index is 5.70. The van der Waals surface area contributed by atoms with Gasteiger partial charge in [0.05, 0.1) is 13.2 Å². The van der Waals surface area contributed by atoms with E-state index in [9.17, 15) is 0 Å². The van der Waals surface area contributed by atoms with Crippen LogP contribution in [0, 0.1) is 0 Å². The molecule has 0 saturated heterocycles. The Morgan fingerprint density at radius 3 is 2.08 bits per heavy atom. The van der Waals surface area contributed by atoms with Crippen molar-refractivity contribution < 1.29 is 14.2 Å². The van der Waals surface area contributed by atoms with E-state index in [0.29, 0.717) is 13.2 Å². The van der Waals surface area contributed by atoms with Crippen LogP contribution in [0.15, 0.2) is 0 Å². The molecule has 4 nitrogen and oxygen atoms in total. The van der Waals surface area contributed by atoms with Gasteiger partial charge in [-0.15, -0.1) is 0 Å². The lowest BCUT2D eigenvalue weighted by Gasteiger charge is -2.20. The van der Waals surface area contributed by atoms with E-state index in [4.69, 9.17) is 19.9 Å². The van der Waals surface area contributed by atoms with Gasteiger partial charge in [0, 0.05) is 19.8 Å². The molecular weight excluding hydrogens is 158 g/mol. The number of ether oxygens (including phenoxy) is 3. The van der Waals surface area contributed by atoms with Gasteiger partial charge < -0.3 is 19.9 Å². The van der Waals surface area contributed by atoms with Crippen molar-refractivity contribution in [2.75, 3.05) is 27.4 Å². The minimum atomic E-state index is -0.300. The molecule has 0 rings (SSSR count). The van der Waals surface area contributed by atoms with Crippen LogP contribution >= 0.6 is 0 Å². The second kappa shape index (κ2) is 5.48. The van der Waals surface area contributed by atoms with E-state index < -0.39 is 0 Å². The minimum absolute atomic E-state index is 0.299. The number of hydrogen-bond acceptors (Lipinski definition) is 4. The molecule has 0 unspecified atom stereocenters. The average molecular weight is 177 g/mol. The normalized spacial score (nSPS) is 12.5. The fraction of sp³-hybridized carbons (Fsp3) is 1.00. The van der Waals surface area contributed by atoms with Crippen LogP contribution in [-0.4, -0.2) is 39.3 Å². The number of nitrogens with two attached hydrogens (primary N) is 1. The predicted molar refractivity (Wildman–Crippen MR) is 46.9 cm³/mol. The highest BCUT2D eigenvalue weighted by Gasteiger charge is 2.12. The summed E-state index contributed by atoms with van der Waals surface area (Å²) < 4.78 is 15.1. The monoisotopic (exact) mass is 177 g/mol. The first kappa shape index (κ1) is 11.8. The van der Waals surface area contributed by atoms with Gasteiger partial charge in [-0.25, -0.2) is 0 Å². The van der Waals surface area contributed by atoms with Crippen molar-refractivity contribution in [1.82, 2.24) is 0 Å². The number of rotatable bonds is 6. The predicted octanol–water partition coefficient (Wildman–Crippen LogP) is 0.359. The first-order chi connectivity index (χ1) is 5.49. The van der Waals surface area contributed by atoms with Crippen molar-refractivity contribution in [3.05, 3.63) is 0 Å². The summed E-state index contributed by atoms with van der Waals surface area (Å²) in [6.45, 7) is 4.72. The highest BCUT2D eigenvalue weighted by molar-refractivity contribution is 4.69. The summed E-state index contributed by atoms with van der Waals surface area (Å²) in [7, 11) is 3.15. The molecule has 0 bridgehead atoms. The summed E-state index contributed by atoms with van der Waals surface area (Å²) in [6.07, 6.45) is -0.299. The zero-order valence-corrected chi connectivity index (χ0v) is 8.29. The van der Waals surface area contributed by atoms with Crippen molar-refractivity contribution in [3.8, 4) is 0 Å². The number of methoxy groups -OCH3 is 2. The van der Waals surface area contributed by atoms with E-state index in [1.165, 1.54) is 0 Å². The smallest absolute Gasteiger partial charge is 0.180 e. The van der Waals surface area contributed by atoms with E-state index in [-0.39, 0.29) is 11.8 Å². The van der Waals surface area contributed by atoms with E-state index in [1.807, 2.05) is 13.8 Å². The topological polar surface area (TPSA) is 53.7 Å². The van der Waals surface area contributed by atoms with Gasteiger partial charge in [0.15, 0.2) is 6.29 Å². The van der Waals surface area contributed by atoms with E-state index in [1.54, 1.807) is 14.2 Å². The molecule has 12 heavy (non-hydrogen) atoms. The minimum Gasteiger partial charge on any atom is -0.374 e. The fourth-order valence-electron chi connectivity index (χ4n) is 0.651. The second-order valence-corrected chi connectivity index (χ2v) is 3.40. The molecule has 0 aliphatic heterocycles. The third-order valence-electron chi connectivity index (χ3n) is 1.25. The molecule has 74 valence electrons. The summed E-state index contributed by atoms with van der Waals surface area (Å²) in [5, 5.41) is 0. The maximum Gasteiger partial charge on any atom is 0.180 e. The van der Waals surface area contributed by atoms with Gasteiger partial charge >= 0.3 is 0 Å². The van der Waals surface area contributed by atoms with Crippen LogP contribution in [0.5, 0.6) is 0 Å². The molecule has 0 atom stereocenters. The molecule has 0 aromatic rings. The van der Waals surface area contributed by atoms with E-state index in [0.717, 1.165) is 0 Å². The molecule has 0 aromatic heterocycles. The zero-order chi connectivity index (χ0) is 9.61. The summed E-state index contributed by atoms with van der Waals surface area (Å²) in [4.78, 5) is 0. The van der Waals surface area contributed by atoms with E-state index >= 15 is 0 Å². The lowest BCUT2D eigenvalue weighted by atomic mass is 10.1. The van der Waals surface area contributed by atoms with Gasteiger partial charge in [-0.2, -0.15) is 0 Å². The lowest BCUT2D eigenvalue weighted by Crippen LogP contribution is -2.38. The largest absolute Gasteiger partial charge is 0.374 e. The molecule has 0 radical (unpaired) electrons. The summed E-state index contributed by atoms with van der Waals surface area (Å²) in [5.41, 5.74) is 5.40. The SMILES string of the molecule is COC(COCC(C)(C)N)OC. The Hall–Kier alpha value is -0.160. The molecule has 2 N–H and O–H groups in total. The molecule has 0 spiro atoms. The first-order valence-corrected chi connectivity index (χ1v) is 3.92. The van der Waals surface area contributed by atoms with Gasteiger partial charge in [-0.3, -0.25) is 0 Å². The van der Waals surface area contributed by atoms with Crippen LogP contribution in [0.1, 0.15) is 13.8 Å². The Kier molecular flexibility index (Phi) is 5.41. The Morgan fingerprint density at radius 1 is 1.25 bits per heavy atom. The molecule has 0 aliphatic carbocycles. The van der Waals surface area contributed by atoms with Crippen molar-refractivity contribution >= 4 is 0 Å². The molecule has 0 fully saturated rings. The molecule has 0 aliphatic rings. The third-order valence-corrected chi connectivity index (χ3v) is 1.25. The molecule has 0 saturated carbocycles. The standard InChI is InChI=1S/C8H19NO3/c1-8(2,9)6-12-5-7(10-3)11-4/h7H,5-6,9H2,1-4H3. The lowest BCUT2D eigenvalue weighted by molar-refractivity contribution is -0.143. The van der Waals surface area contributed by atoms with Crippen LogP contribution in [0.25, 0.3) is 0 Å². The third kappa shape index (κ3) is 6.54. The molecule has 0 heterocycles. The Balaban J connectivity index is 3.41. The highest BCUT2D eigenvalue weighted by atomic mass is 16.7. The first-order valence-electron chi connectivity index (χ1n) is 3.92. The van der Waals surface area contributed by atoms with Crippen LogP contribution in [-0.2, 0) is 14.2 Å². The Labute approximate surface area is 74.0 Å². The van der Waals surface area contributed by atoms with Gasteiger partial charge in [-0.05, 0) is 13.8 Å². The molecule has 4 heteroatoms. The zero-order valence-electron chi connectivity index (χ0n) is 8.29. The summed E-state index contributed by atoms with van der Waals surface area (Å²) >= 11 is 0. The molecule has 0 aromatic carbocycles. The second-order valence-electron chi connectivity index (χ2n) is 3.40. The Morgan fingerprint density at radius 2 is 1.75 bits per heavy atom. The van der Waals surface area contributed by atoms with Crippen LogP contribution in [0.2, 0.25) is 0 Å². The summed E-state index contributed by atoms with van der Waals surface area (Å²) in [6, 6.07) is 0. The van der Waals surface area contributed by atoms with Crippen LogP contribution in [0.4, 0.5) is 0 Å². The average Bonchev–Trinajstić information content (AvgIpc) is 1.96. The van der Waals surface area contributed by atoms with Gasteiger partial charge in [0.25, 0.3) is 0 Å². The van der Waals surface area contributed by atoms with Gasteiger partial charge in [-0.1, -0.05) is 0 Å². The number of hydrogen-bond donors (Lipinski definition) is 1.